The molecular formula is C13H24ClN8O-. The van der Waals surface area contributed by atoms with Crippen LogP contribution in [0, 0.1) is 0 Å². The SMILES string of the molecule is CC(C(=O)N1CCNCC1)n1cc(CCCN=C(N)N)nn1.[Cl-]. The van der Waals surface area contributed by atoms with Gasteiger partial charge in [-0.3, -0.25) is 9.79 Å². The van der Waals surface area contributed by atoms with Crippen molar-refractivity contribution in [2.24, 2.45) is 16.5 Å². The Morgan fingerprint density at radius 3 is 2.78 bits per heavy atom. The molecule has 1 atom stereocenters. The molecule has 10 heteroatoms. The number of nitrogens with two attached hydrogens (primary N) is 2. The van der Waals surface area contributed by atoms with Crippen LogP contribution < -0.4 is 29.2 Å². The maximum atomic E-state index is 12.4. The summed E-state index contributed by atoms with van der Waals surface area (Å²) < 4.78 is 1.63. The molecule has 23 heavy (non-hydrogen) atoms. The Hall–Kier alpha value is -1.87. The highest BCUT2D eigenvalue weighted by atomic mass is 35.5. The number of rotatable bonds is 6. The van der Waals surface area contributed by atoms with Gasteiger partial charge in [0, 0.05) is 38.9 Å². The summed E-state index contributed by atoms with van der Waals surface area (Å²) in [4.78, 5) is 18.2. The summed E-state index contributed by atoms with van der Waals surface area (Å²) in [5, 5.41) is 11.4. The van der Waals surface area contributed by atoms with Crippen LogP contribution >= 0.6 is 0 Å². The van der Waals surface area contributed by atoms with Crippen molar-refractivity contribution in [2.45, 2.75) is 25.8 Å². The molecule has 1 aromatic heterocycles. The number of guanidine groups is 1. The van der Waals surface area contributed by atoms with Gasteiger partial charge in [0.2, 0.25) is 5.91 Å². The number of hydrogen-bond donors (Lipinski definition) is 3. The van der Waals surface area contributed by atoms with Gasteiger partial charge in [-0.05, 0) is 19.8 Å². The number of aliphatic imine (C=N–C) groups is 1. The molecule has 130 valence electrons. The average molecular weight is 344 g/mol. The van der Waals surface area contributed by atoms with Gasteiger partial charge in [0.25, 0.3) is 0 Å². The predicted molar refractivity (Wildman–Crippen MR) is 83.2 cm³/mol. The summed E-state index contributed by atoms with van der Waals surface area (Å²) in [6.07, 6.45) is 3.34. The molecule has 1 fully saturated rings. The Kier molecular flexibility index (Phi) is 7.76. The van der Waals surface area contributed by atoms with Crippen molar-refractivity contribution < 1.29 is 17.2 Å². The lowest BCUT2D eigenvalue weighted by atomic mass is 10.2. The zero-order valence-electron chi connectivity index (χ0n) is 13.3. The van der Waals surface area contributed by atoms with Gasteiger partial charge in [0.1, 0.15) is 6.04 Å². The van der Waals surface area contributed by atoms with Gasteiger partial charge in [-0.25, -0.2) is 4.68 Å². The second-order valence-corrected chi connectivity index (χ2v) is 5.35. The van der Waals surface area contributed by atoms with Gasteiger partial charge in [-0.15, -0.1) is 5.10 Å². The van der Waals surface area contributed by atoms with Gasteiger partial charge < -0.3 is 34.1 Å². The van der Waals surface area contributed by atoms with Crippen LogP contribution in [-0.4, -0.2) is 64.5 Å². The highest BCUT2D eigenvalue weighted by Crippen LogP contribution is 2.10. The molecule has 1 saturated heterocycles. The van der Waals surface area contributed by atoms with Crippen LogP contribution in [0.3, 0.4) is 0 Å². The number of piperazine rings is 1. The molecule has 1 aromatic rings. The van der Waals surface area contributed by atoms with E-state index >= 15 is 0 Å². The maximum Gasteiger partial charge on any atom is 0.247 e. The van der Waals surface area contributed by atoms with Crippen molar-refractivity contribution in [1.82, 2.24) is 25.2 Å². The van der Waals surface area contributed by atoms with Crippen LogP contribution in [0.15, 0.2) is 11.2 Å². The first kappa shape index (κ1) is 19.2. The largest absolute Gasteiger partial charge is 1.00 e. The summed E-state index contributed by atoms with van der Waals surface area (Å²) in [6, 6.07) is -0.336. The van der Waals surface area contributed by atoms with Crippen molar-refractivity contribution in [2.75, 3.05) is 32.7 Å². The molecule has 2 rings (SSSR count). The van der Waals surface area contributed by atoms with E-state index in [-0.39, 0.29) is 30.3 Å². The monoisotopic (exact) mass is 343 g/mol. The number of aromatic nitrogens is 3. The molecule has 1 unspecified atom stereocenters. The Balaban J connectivity index is 0.00000264. The van der Waals surface area contributed by atoms with Crippen LogP contribution in [-0.2, 0) is 11.2 Å². The van der Waals surface area contributed by atoms with Crippen LogP contribution in [0.5, 0.6) is 0 Å². The first-order valence-corrected chi connectivity index (χ1v) is 7.53. The van der Waals surface area contributed by atoms with E-state index in [0.717, 1.165) is 44.7 Å². The Morgan fingerprint density at radius 1 is 1.43 bits per heavy atom. The molecule has 0 aromatic carbocycles. The minimum absolute atomic E-state index is 0. The lowest BCUT2D eigenvalue weighted by Gasteiger charge is -2.29. The highest BCUT2D eigenvalue weighted by molar-refractivity contribution is 5.80. The van der Waals surface area contributed by atoms with E-state index in [0.29, 0.717) is 6.54 Å². The van der Waals surface area contributed by atoms with E-state index in [9.17, 15) is 4.79 Å². The molecule has 0 saturated carbocycles. The molecule has 0 bridgehead atoms. The lowest BCUT2D eigenvalue weighted by molar-refractivity contribution is -0.135. The number of amides is 1. The molecule has 9 nitrogen and oxygen atoms in total. The van der Waals surface area contributed by atoms with Crippen LogP contribution in [0.25, 0.3) is 0 Å². The zero-order chi connectivity index (χ0) is 15.9. The molecule has 1 aliphatic rings. The normalized spacial score (nSPS) is 15.6. The van der Waals surface area contributed by atoms with Gasteiger partial charge in [-0.2, -0.15) is 0 Å². The van der Waals surface area contributed by atoms with E-state index in [4.69, 9.17) is 11.5 Å². The summed E-state index contributed by atoms with van der Waals surface area (Å²) >= 11 is 0. The number of aryl methyl sites for hydroxylation is 1. The van der Waals surface area contributed by atoms with Crippen LogP contribution in [0.1, 0.15) is 25.1 Å². The molecule has 1 aliphatic heterocycles. The number of nitrogens with one attached hydrogen (secondary N) is 1. The van der Waals surface area contributed by atoms with Gasteiger partial charge in [-0.1, -0.05) is 5.21 Å². The topological polar surface area (TPSA) is 127 Å². The Bertz CT molecular complexity index is 522. The van der Waals surface area contributed by atoms with Crippen LogP contribution in [0.4, 0.5) is 0 Å². The number of halogens is 1. The number of carbonyl (C=O) groups excluding carboxylic acids is 1. The first-order valence-electron chi connectivity index (χ1n) is 7.53. The fraction of sp³-hybridized carbons (Fsp3) is 0.692. The number of carbonyl (C=O) groups is 1. The van der Waals surface area contributed by atoms with E-state index in [2.05, 4.69) is 20.6 Å². The third-order valence-electron chi connectivity index (χ3n) is 3.63. The number of hydrogen-bond acceptors (Lipinski definition) is 5. The fourth-order valence-electron chi connectivity index (χ4n) is 2.35. The Labute approximate surface area is 141 Å². The smallest absolute Gasteiger partial charge is 0.247 e. The molecule has 5 N–H and O–H groups in total. The third-order valence-corrected chi connectivity index (χ3v) is 3.63. The minimum atomic E-state index is -0.336. The van der Waals surface area contributed by atoms with Crippen molar-refractivity contribution in [3.63, 3.8) is 0 Å². The lowest BCUT2D eigenvalue weighted by Crippen LogP contribution is -3.00. The van der Waals surface area contributed by atoms with E-state index in [1.807, 2.05) is 18.0 Å². The van der Waals surface area contributed by atoms with E-state index in [1.165, 1.54) is 0 Å². The first-order chi connectivity index (χ1) is 10.6. The van der Waals surface area contributed by atoms with Crippen molar-refractivity contribution in [3.8, 4) is 0 Å². The van der Waals surface area contributed by atoms with Crippen molar-refractivity contribution in [3.05, 3.63) is 11.9 Å². The zero-order valence-corrected chi connectivity index (χ0v) is 14.0. The Morgan fingerprint density at radius 2 is 2.13 bits per heavy atom. The summed E-state index contributed by atoms with van der Waals surface area (Å²) in [7, 11) is 0. The molecule has 0 spiro atoms. The third kappa shape index (κ3) is 5.68. The predicted octanol–water partition coefficient (Wildman–Crippen LogP) is -4.52. The van der Waals surface area contributed by atoms with Gasteiger partial charge in [0.15, 0.2) is 5.96 Å². The minimum Gasteiger partial charge on any atom is -1.00 e. The van der Waals surface area contributed by atoms with E-state index < -0.39 is 0 Å². The van der Waals surface area contributed by atoms with Gasteiger partial charge >= 0.3 is 0 Å². The maximum absolute atomic E-state index is 12.4. The molecule has 0 radical (unpaired) electrons. The molecule has 1 amide bonds. The fourth-order valence-corrected chi connectivity index (χ4v) is 2.35. The molecule has 2 heterocycles. The average Bonchev–Trinajstić information content (AvgIpc) is 2.99. The number of nitrogens with zero attached hydrogens (tertiary/aromatic N) is 5. The quantitative estimate of drug-likeness (QED) is 0.271. The van der Waals surface area contributed by atoms with Crippen molar-refractivity contribution >= 4 is 11.9 Å². The second kappa shape index (κ2) is 9.31. The summed E-state index contributed by atoms with van der Waals surface area (Å²) in [6.45, 7) is 5.57. The second-order valence-electron chi connectivity index (χ2n) is 5.35. The molecule has 0 aliphatic carbocycles. The highest BCUT2D eigenvalue weighted by Gasteiger charge is 2.24. The van der Waals surface area contributed by atoms with Crippen LogP contribution in [0.2, 0.25) is 0 Å². The van der Waals surface area contributed by atoms with Crippen molar-refractivity contribution in [1.29, 1.82) is 0 Å². The van der Waals surface area contributed by atoms with Gasteiger partial charge in [0.05, 0.1) is 5.69 Å². The summed E-state index contributed by atoms with van der Waals surface area (Å²) in [5.74, 6) is 0.178. The summed E-state index contributed by atoms with van der Waals surface area (Å²) in [5.41, 5.74) is 11.4. The van der Waals surface area contributed by atoms with E-state index in [1.54, 1.807) is 4.68 Å². The molecular weight excluding hydrogens is 320 g/mol. The standard InChI is InChI=1S/C13H24N8O.ClH/c1-10(12(22)20-7-5-16-6-8-20)21-9-11(18-19-21)3-2-4-17-13(14)15;/h9-10,16H,2-8H2,1H3,(H4,14,15,17);1H/p-1.